The Morgan fingerprint density at radius 1 is 1.21 bits per heavy atom. The molecule has 2 amide bonds. The quantitative estimate of drug-likeness (QED) is 0.816. The maximum atomic E-state index is 12.4. The number of nitrogens with zero attached hydrogens (tertiary/aromatic N) is 4. The van der Waals surface area contributed by atoms with E-state index < -0.39 is 0 Å². The maximum Gasteiger partial charge on any atom is 0.225 e. The molecule has 0 aliphatic carbocycles. The molecule has 1 aromatic rings. The number of amides is 2. The van der Waals surface area contributed by atoms with Crippen LogP contribution in [0.15, 0.2) is 6.20 Å². The first-order chi connectivity index (χ1) is 11.6. The minimum Gasteiger partial charge on any atom is -0.372 e. The van der Waals surface area contributed by atoms with Crippen molar-refractivity contribution in [2.45, 2.75) is 39.5 Å². The van der Waals surface area contributed by atoms with Crippen molar-refractivity contribution in [3.8, 4) is 0 Å². The van der Waals surface area contributed by atoms with Gasteiger partial charge in [-0.25, -0.2) is 4.98 Å². The van der Waals surface area contributed by atoms with E-state index in [4.69, 9.17) is 4.79 Å². The first-order valence-electron chi connectivity index (χ1n) is 8.56. The number of anilines is 1. The molecule has 0 atom stereocenters. The van der Waals surface area contributed by atoms with Crippen LogP contribution in [0, 0.1) is 19.8 Å². The molecular weight excluding hydrogens is 306 g/mol. The first-order valence-corrected chi connectivity index (χ1v) is 8.56. The van der Waals surface area contributed by atoms with Crippen LogP contribution < -0.4 is 10.6 Å². The number of carbonyl (C=O) groups is 2. The van der Waals surface area contributed by atoms with Gasteiger partial charge >= 0.3 is 0 Å². The third-order valence-electron chi connectivity index (χ3n) is 4.61. The number of piperidine rings is 1. The second kappa shape index (κ2) is 8.61. The first kappa shape index (κ1) is 18.2. The maximum absolute atomic E-state index is 12.4. The standard InChI is InChI=1S/C16H24N4O.CH3NO/c1-12-11-17-13(2)15(18-12)19-9-5-14(6-10-19)16(21)20-7-3-4-8-20;2-1-3/h11,14H,3-10H2,1-2H3;1H,(H2,2,3). The number of carbonyl (C=O) groups excluding carboxylic acids is 2. The molecule has 2 N–H and O–H groups in total. The fourth-order valence-electron chi connectivity index (χ4n) is 3.36. The number of hydrogen-bond donors (Lipinski definition) is 1. The number of primary amides is 1. The lowest BCUT2D eigenvalue weighted by Crippen LogP contribution is -2.42. The molecule has 0 aromatic carbocycles. The Kier molecular flexibility index (Phi) is 6.52. The third kappa shape index (κ3) is 4.43. The van der Waals surface area contributed by atoms with Gasteiger partial charge in [-0.3, -0.25) is 14.6 Å². The minimum atomic E-state index is 0.206. The van der Waals surface area contributed by atoms with Gasteiger partial charge in [0.05, 0.1) is 11.4 Å². The number of nitrogens with two attached hydrogens (primary N) is 1. The predicted octanol–water partition coefficient (Wildman–Crippen LogP) is 1.03. The molecule has 2 fully saturated rings. The van der Waals surface area contributed by atoms with E-state index in [2.05, 4.69) is 25.5 Å². The summed E-state index contributed by atoms with van der Waals surface area (Å²) >= 11 is 0. The van der Waals surface area contributed by atoms with Crippen molar-refractivity contribution in [2.24, 2.45) is 11.7 Å². The molecule has 3 rings (SSSR count). The zero-order valence-corrected chi connectivity index (χ0v) is 14.6. The van der Waals surface area contributed by atoms with Crippen LogP contribution in [0.4, 0.5) is 5.82 Å². The van der Waals surface area contributed by atoms with Crippen LogP contribution in [0.3, 0.4) is 0 Å². The Bertz CT molecular complexity index is 564. The molecule has 7 nitrogen and oxygen atoms in total. The molecule has 0 bridgehead atoms. The Morgan fingerprint density at radius 2 is 1.79 bits per heavy atom. The second-order valence-electron chi connectivity index (χ2n) is 6.35. The average Bonchev–Trinajstić information content (AvgIpc) is 3.12. The largest absolute Gasteiger partial charge is 0.372 e. The number of likely N-dealkylation sites (tertiary alicyclic amines) is 1. The molecule has 2 aliphatic rings. The molecule has 0 spiro atoms. The molecule has 0 unspecified atom stereocenters. The highest BCUT2D eigenvalue weighted by molar-refractivity contribution is 5.79. The van der Waals surface area contributed by atoms with E-state index in [-0.39, 0.29) is 12.3 Å². The van der Waals surface area contributed by atoms with E-state index in [1.54, 1.807) is 0 Å². The van der Waals surface area contributed by atoms with Gasteiger partial charge < -0.3 is 15.5 Å². The van der Waals surface area contributed by atoms with Crippen molar-refractivity contribution < 1.29 is 9.59 Å². The Hall–Kier alpha value is -2.18. The zero-order valence-electron chi connectivity index (χ0n) is 14.6. The summed E-state index contributed by atoms with van der Waals surface area (Å²) in [6.07, 6.45) is 6.27. The molecule has 1 aromatic heterocycles. The van der Waals surface area contributed by atoms with Crippen molar-refractivity contribution in [1.29, 1.82) is 0 Å². The fourth-order valence-corrected chi connectivity index (χ4v) is 3.36. The smallest absolute Gasteiger partial charge is 0.225 e. The van der Waals surface area contributed by atoms with Crippen molar-refractivity contribution in [3.05, 3.63) is 17.6 Å². The van der Waals surface area contributed by atoms with E-state index in [9.17, 15) is 4.79 Å². The van der Waals surface area contributed by atoms with Gasteiger partial charge in [-0.15, -0.1) is 0 Å². The van der Waals surface area contributed by atoms with E-state index in [1.165, 1.54) is 12.8 Å². The van der Waals surface area contributed by atoms with Crippen molar-refractivity contribution in [3.63, 3.8) is 0 Å². The van der Waals surface area contributed by atoms with Gasteiger partial charge in [0.2, 0.25) is 12.3 Å². The number of aryl methyl sites for hydroxylation is 2. The van der Waals surface area contributed by atoms with Gasteiger partial charge in [0.15, 0.2) is 0 Å². The van der Waals surface area contributed by atoms with Gasteiger partial charge in [0.25, 0.3) is 0 Å². The van der Waals surface area contributed by atoms with E-state index in [0.29, 0.717) is 5.91 Å². The summed E-state index contributed by atoms with van der Waals surface area (Å²) in [4.78, 5) is 34.4. The summed E-state index contributed by atoms with van der Waals surface area (Å²) in [5, 5.41) is 0. The summed E-state index contributed by atoms with van der Waals surface area (Å²) in [6.45, 7) is 7.71. The van der Waals surface area contributed by atoms with Crippen molar-refractivity contribution >= 4 is 18.1 Å². The highest BCUT2D eigenvalue weighted by Gasteiger charge is 2.30. The molecule has 3 heterocycles. The van der Waals surface area contributed by atoms with E-state index >= 15 is 0 Å². The highest BCUT2D eigenvalue weighted by Crippen LogP contribution is 2.26. The van der Waals surface area contributed by atoms with Crippen LogP contribution in [0.1, 0.15) is 37.1 Å². The van der Waals surface area contributed by atoms with Crippen LogP contribution in [0.2, 0.25) is 0 Å². The Morgan fingerprint density at radius 3 is 2.38 bits per heavy atom. The highest BCUT2D eigenvalue weighted by atomic mass is 16.2. The lowest BCUT2D eigenvalue weighted by molar-refractivity contribution is -0.135. The van der Waals surface area contributed by atoms with Crippen LogP contribution in [-0.4, -0.2) is 53.4 Å². The van der Waals surface area contributed by atoms with Crippen LogP contribution in [-0.2, 0) is 9.59 Å². The second-order valence-corrected chi connectivity index (χ2v) is 6.35. The average molecular weight is 333 g/mol. The van der Waals surface area contributed by atoms with Crippen molar-refractivity contribution in [2.75, 3.05) is 31.1 Å². The SMILES string of the molecule is Cc1cnc(C)c(N2CCC(C(=O)N3CCCC3)CC2)n1.NC=O. The topological polar surface area (TPSA) is 92.4 Å². The number of hydrogen-bond acceptors (Lipinski definition) is 5. The van der Waals surface area contributed by atoms with Crippen LogP contribution >= 0.6 is 0 Å². The number of aromatic nitrogens is 2. The molecular formula is C17H27N5O2. The monoisotopic (exact) mass is 333 g/mol. The Balaban J connectivity index is 0.000000647. The predicted molar refractivity (Wildman–Crippen MR) is 92.5 cm³/mol. The Labute approximate surface area is 143 Å². The van der Waals surface area contributed by atoms with Crippen LogP contribution in [0.25, 0.3) is 0 Å². The van der Waals surface area contributed by atoms with Crippen molar-refractivity contribution in [1.82, 2.24) is 14.9 Å². The molecule has 2 saturated heterocycles. The van der Waals surface area contributed by atoms with Gasteiger partial charge in [0.1, 0.15) is 5.82 Å². The van der Waals surface area contributed by atoms with E-state index in [0.717, 1.165) is 56.2 Å². The minimum absolute atomic E-state index is 0.206. The molecule has 0 saturated carbocycles. The lowest BCUT2D eigenvalue weighted by Gasteiger charge is -2.34. The van der Waals surface area contributed by atoms with Crippen LogP contribution in [0.5, 0.6) is 0 Å². The van der Waals surface area contributed by atoms with E-state index in [1.807, 2.05) is 20.0 Å². The fraction of sp³-hybridized carbons (Fsp3) is 0.647. The molecule has 24 heavy (non-hydrogen) atoms. The summed E-state index contributed by atoms with van der Waals surface area (Å²) in [7, 11) is 0. The lowest BCUT2D eigenvalue weighted by atomic mass is 9.95. The normalized spacial score (nSPS) is 18.1. The number of rotatable bonds is 2. The summed E-state index contributed by atoms with van der Waals surface area (Å²) in [5.41, 5.74) is 6.09. The van der Waals surface area contributed by atoms with Gasteiger partial charge in [-0.05, 0) is 39.5 Å². The summed E-state index contributed by atoms with van der Waals surface area (Å²) in [5.74, 6) is 1.57. The summed E-state index contributed by atoms with van der Waals surface area (Å²) < 4.78 is 0. The van der Waals surface area contributed by atoms with Gasteiger partial charge in [-0.2, -0.15) is 0 Å². The molecule has 7 heteroatoms. The molecule has 132 valence electrons. The zero-order chi connectivity index (χ0) is 17.5. The molecule has 0 radical (unpaired) electrons. The summed E-state index contributed by atoms with van der Waals surface area (Å²) in [6, 6.07) is 0. The van der Waals surface area contributed by atoms with Gasteiger partial charge in [-0.1, -0.05) is 0 Å². The van der Waals surface area contributed by atoms with Gasteiger partial charge in [0, 0.05) is 38.3 Å². The molecule has 2 aliphatic heterocycles. The third-order valence-corrected chi connectivity index (χ3v) is 4.61.